The van der Waals surface area contributed by atoms with Crippen molar-refractivity contribution in [2.24, 2.45) is 7.05 Å². The molecule has 1 aliphatic carbocycles. The van der Waals surface area contributed by atoms with Gasteiger partial charge in [-0.05, 0) is 25.0 Å². The average Bonchev–Trinajstić information content (AvgIpc) is 3.47. The van der Waals surface area contributed by atoms with E-state index in [1.54, 1.807) is 13.3 Å². The Balaban J connectivity index is 1.65. The maximum Gasteiger partial charge on any atom is 0.458 e. The number of hydrogen-bond donors (Lipinski definition) is 1. The molecule has 14 heteroatoms. The molecule has 0 radical (unpaired) electrons. The second kappa shape index (κ2) is 8.05. The van der Waals surface area contributed by atoms with Gasteiger partial charge in [0.25, 0.3) is 0 Å². The van der Waals surface area contributed by atoms with Gasteiger partial charge in [-0.3, -0.25) is 4.98 Å². The van der Waals surface area contributed by atoms with Crippen molar-refractivity contribution in [1.82, 2.24) is 29.1 Å². The number of aryl methyl sites for hydroxylation is 1. The van der Waals surface area contributed by atoms with E-state index in [-0.39, 0.29) is 33.3 Å². The van der Waals surface area contributed by atoms with Gasteiger partial charge in [-0.2, -0.15) is 22.0 Å². The van der Waals surface area contributed by atoms with E-state index in [2.05, 4.69) is 19.9 Å². The number of nitrogens with zero attached hydrogens (tertiary/aromatic N) is 6. The first-order valence-corrected chi connectivity index (χ1v) is 12.6. The molecule has 1 fully saturated rings. The molecule has 1 saturated carbocycles. The molecule has 4 heterocycles. The van der Waals surface area contributed by atoms with Crippen LogP contribution in [-0.4, -0.2) is 45.2 Å². The fourth-order valence-corrected chi connectivity index (χ4v) is 4.93. The third kappa shape index (κ3) is 3.92. The second-order valence-electron chi connectivity index (χ2n) is 8.61. The molecule has 0 bridgehead atoms. The van der Waals surface area contributed by atoms with Crippen LogP contribution in [0.15, 0.2) is 41.9 Å². The number of aromatic nitrogens is 6. The molecule has 0 aliphatic heterocycles. The largest absolute Gasteiger partial charge is 0.458 e. The summed E-state index contributed by atoms with van der Waals surface area (Å²) in [5.41, 5.74) is -0.377. The molecule has 0 amide bonds. The first kappa shape index (κ1) is 24.3. The highest BCUT2D eigenvalue weighted by molar-refractivity contribution is 7.92. The smallest absolute Gasteiger partial charge is 0.334 e. The summed E-state index contributed by atoms with van der Waals surface area (Å²) in [6.07, 6.45) is 1.79. The molecule has 1 atom stereocenters. The van der Waals surface area contributed by atoms with Gasteiger partial charge in [-0.15, -0.1) is 0 Å². The van der Waals surface area contributed by atoms with Crippen LogP contribution in [0.1, 0.15) is 31.4 Å². The minimum Gasteiger partial charge on any atom is -0.334 e. The molecule has 1 aliphatic rings. The second-order valence-corrected chi connectivity index (χ2v) is 11.0. The van der Waals surface area contributed by atoms with Gasteiger partial charge in [0.05, 0.1) is 32.2 Å². The van der Waals surface area contributed by atoms with Crippen molar-refractivity contribution in [3.63, 3.8) is 0 Å². The van der Waals surface area contributed by atoms with Crippen molar-refractivity contribution in [3.8, 4) is 22.8 Å². The summed E-state index contributed by atoms with van der Waals surface area (Å²) in [7, 11) is -1.87. The van der Waals surface area contributed by atoms with Gasteiger partial charge >= 0.3 is 12.1 Å². The Bertz CT molecular complexity index is 1590. The zero-order valence-electron chi connectivity index (χ0n) is 19.1. The Labute approximate surface area is 202 Å². The van der Waals surface area contributed by atoms with E-state index in [0.29, 0.717) is 29.6 Å². The van der Waals surface area contributed by atoms with Gasteiger partial charge < -0.3 is 9.13 Å². The van der Waals surface area contributed by atoms with Crippen LogP contribution < -0.4 is 0 Å². The van der Waals surface area contributed by atoms with Gasteiger partial charge in [0.2, 0.25) is 0 Å². The first-order valence-electron chi connectivity index (χ1n) is 10.9. The molecule has 5 rings (SSSR count). The van der Waals surface area contributed by atoms with Gasteiger partial charge in [0.1, 0.15) is 11.2 Å². The minimum absolute atomic E-state index is 0.0275. The minimum atomic E-state index is -5.80. The van der Waals surface area contributed by atoms with Gasteiger partial charge in [-0.25, -0.2) is 23.9 Å². The summed E-state index contributed by atoms with van der Waals surface area (Å²) in [5.74, 6) is -5.12. The number of pyridine rings is 2. The number of rotatable bonds is 6. The molecule has 1 unspecified atom stereocenters. The number of alkyl halides is 5. The Morgan fingerprint density at radius 1 is 1.11 bits per heavy atom. The molecule has 0 saturated heterocycles. The summed E-state index contributed by atoms with van der Waals surface area (Å²) in [5, 5.41) is 0. The maximum absolute atomic E-state index is 13.9. The maximum atomic E-state index is 13.9. The number of nitrogens with one attached hydrogen (secondary N) is 1. The van der Waals surface area contributed by atoms with Gasteiger partial charge in [0.15, 0.2) is 11.5 Å². The number of hydrogen-bond acceptors (Lipinski definition) is 6. The van der Waals surface area contributed by atoms with E-state index in [4.69, 9.17) is 4.78 Å². The monoisotopic (exact) mass is 525 g/mol. The zero-order valence-corrected chi connectivity index (χ0v) is 19.9. The van der Waals surface area contributed by atoms with Crippen molar-refractivity contribution in [2.75, 3.05) is 5.75 Å². The standard InChI is InChI=1S/C22H20F5N7OS/c1-3-36(28,35)17-6-12(16-10-34(11-31-16)14-4-5-14)8-29-18(17)20-32-15-7-13(9-30-19(15)33(20)2)21(23,24)22(25,26)27/h6-11,14,28H,3-5H2,1-2H3. The van der Waals surface area contributed by atoms with Crippen LogP contribution in [0, 0.1) is 4.78 Å². The fraction of sp³-hybridized carbons (Fsp3) is 0.364. The third-order valence-corrected chi connectivity index (χ3v) is 7.95. The molecule has 0 spiro atoms. The highest BCUT2D eigenvalue weighted by Gasteiger charge is 2.59. The Morgan fingerprint density at radius 2 is 1.83 bits per heavy atom. The molecule has 1 N–H and O–H groups in total. The van der Waals surface area contributed by atoms with Gasteiger partial charge in [-0.1, -0.05) is 6.92 Å². The highest BCUT2D eigenvalue weighted by Crippen LogP contribution is 2.44. The van der Waals surface area contributed by atoms with Crippen molar-refractivity contribution in [2.45, 2.75) is 42.8 Å². The van der Waals surface area contributed by atoms with Crippen LogP contribution >= 0.6 is 0 Å². The first-order chi connectivity index (χ1) is 16.8. The molecule has 36 heavy (non-hydrogen) atoms. The quantitative estimate of drug-likeness (QED) is 0.344. The van der Waals surface area contributed by atoms with Crippen LogP contribution in [0.2, 0.25) is 0 Å². The lowest BCUT2D eigenvalue weighted by atomic mass is 10.1. The Kier molecular flexibility index (Phi) is 5.43. The summed E-state index contributed by atoms with van der Waals surface area (Å²) in [4.78, 5) is 16.8. The predicted octanol–water partition coefficient (Wildman–Crippen LogP) is 5.31. The van der Waals surface area contributed by atoms with Gasteiger partial charge in [0, 0.05) is 43.0 Å². The lowest BCUT2D eigenvalue weighted by Gasteiger charge is -2.19. The summed E-state index contributed by atoms with van der Waals surface area (Å²) in [6.45, 7) is 1.58. The van der Waals surface area contributed by atoms with Crippen LogP contribution in [0.25, 0.3) is 33.9 Å². The topological polar surface area (TPSA) is 102 Å². The van der Waals surface area contributed by atoms with Crippen LogP contribution in [-0.2, 0) is 22.7 Å². The van der Waals surface area contributed by atoms with Crippen molar-refractivity contribution >= 4 is 20.9 Å². The van der Waals surface area contributed by atoms with Crippen LogP contribution in [0.3, 0.4) is 0 Å². The van der Waals surface area contributed by atoms with E-state index >= 15 is 0 Å². The predicted molar refractivity (Wildman–Crippen MR) is 121 cm³/mol. The molecule has 4 aromatic heterocycles. The molecular formula is C22H20F5N7OS. The van der Waals surface area contributed by atoms with E-state index in [1.807, 2.05) is 10.8 Å². The molecule has 0 aromatic carbocycles. The highest BCUT2D eigenvalue weighted by atomic mass is 32.2. The van der Waals surface area contributed by atoms with E-state index in [1.165, 1.54) is 23.9 Å². The van der Waals surface area contributed by atoms with Crippen molar-refractivity contribution in [1.29, 1.82) is 4.78 Å². The number of fused-ring (bicyclic) bond motifs is 1. The summed E-state index contributed by atoms with van der Waals surface area (Å²) < 4.78 is 91.2. The number of imidazole rings is 2. The Hall–Kier alpha value is -3.42. The van der Waals surface area contributed by atoms with E-state index in [9.17, 15) is 26.2 Å². The van der Waals surface area contributed by atoms with E-state index < -0.39 is 27.4 Å². The Morgan fingerprint density at radius 3 is 2.47 bits per heavy atom. The van der Waals surface area contributed by atoms with Crippen molar-refractivity contribution in [3.05, 3.63) is 42.6 Å². The molecular weight excluding hydrogens is 505 g/mol. The van der Waals surface area contributed by atoms with Crippen molar-refractivity contribution < 1.29 is 26.2 Å². The SMILES string of the molecule is CCS(=N)(=O)c1cc(-c2cn(C3CC3)cn2)cnc1-c1nc2cc(C(F)(F)C(F)(F)F)cnc2n1C. The molecule has 8 nitrogen and oxygen atoms in total. The number of halogens is 5. The fourth-order valence-electron chi connectivity index (χ4n) is 3.84. The normalized spacial score (nSPS) is 16.4. The van der Waals surface area contributed by atoms with Crippen LogP contribution in [0.5, 0.6) is 0 Å². The lowest BCUT2D eigenvalue weighted by molar-refractivity contribution is -0.289. The third-order valence-electron chi connectivity index (χ3n) is 6.12. The summed E-state index contributed by atoms with van der Waals surface area (Å²) >= 11 is 0. The molecule has 190 valence electrons. The average molecular weight is 526 g/mol. The molecule has 4 aromatic rings. The van der Waals surface area contributed by atoms with E-state index in [0.717, 1.165) is 12.8 Å². The zero-order chi connectivity index (χ0) is 26.0. The summed E-state index contributed by atoms with van der Waals surface area (Å²) in [6, 6.07) is 2.56. The van der Waals surface area contributed by atoms with Crippen LogP contribution in [0.4, 0.5) is 22.0 Å². The lowest BCUT2D eigenvalue weighted by Crippen LogP contribution is -2.33.